The van der Waals surface area contributed by atoms with E-state index in [-0.39, 0.29) is 12.5 Å². The van der Waals surface area contributed by atoms with Gasteiger partial charge in [-0.1, -0.05) is 199 Å². The molecule has 2 rings (SSSR count). The summed E-state index contributed by atoms with van der Waals surface area (Å²) in [5.74, 6) is -0.213. The number of carbonyl (C=O) groups is 1. The van der Waals surface area contributed by atoms with Crippen molar-refractivity contribution in [2.75, 3.05) is 19.8 Å². The second-order valence-electron chi connectivity index (χ2n) is 20.1. The Hall–Kier alpha value is -1.27. The molecule has 2 saturated heterocycles. The van der Waals surface area contributed by atoms with Crippen LogP contribution in [0.5, 0.6) is 0 Å². The van der Waals surface area contributed by atoms with Gasteiger partial charge in [0.1, 0.15) is 48.8 Å². The maximum atomic E-state index is 13.2. The van der Waals surface area contributed by atoms with E-state index in [1.54, 1.807) is 0 Å². The van der Waals surface area contributed by atoms with Gasteiger partial charge in [-0.3, -0.25) is 4.79 Å². The molecule has 9 N–H and O–H groups in total. The lowest BCUT2D eigenvalue weighted by atomic mass is 9.97. The van der Waals surface area contributed by atoms with Crippen molar-refractivity contribution in [2.45, 2.75) is 306 Å². The van der Waals surface area contributed by atoms with E-state index in [1.165, 1.54) is 135 Å². The molecule has 12 atom stereocenters. The minimum atomic E-state index is -1.78. The number of hydrogen-bond acceptors (Lipinski definition) is 13. The Morgan fingerprint density at radius 1 is 0.515 bits per heavy atom. The number of allylic oxidation sites excluding steroid dienone is 2. The summed E-state index contributed by atoms with van der Waals surface area (Å²) in [6.07, 6.45) is 27.8. The molecule has 14 nitrogen and oxygen atoms in total. The molecule has 0 aromatic heterocycles. The van der Waals surface area contributed by atoms with Crippen LogP contribution in [0.3, 0.4) is 0 Å². The maximum Gasteiger partial charge on any atom is 0.220 e. The fraction of sp³-hybridized carbons (Fsp3) is 0.944. The molecule has 2 heterocycles. The molecule has 2 fully saturated rings. The van der Waals surface area contributed by atoms with Crippen molar-refractivity contribution < 1.29 is 64.6 Å². The molecular weight excluding hydrogens is 871 g/mol. The highest BCUT2D eigenvalue weighted by atomic mass is 16.7. The number of amides is 1. The van der Waals surface area contributed by atoms with Crippen LogP contribution in [0.2, 0.25) is 0 Å². The van der Waals surface area contributed by atoms with Crippen LogP contribution in [0.15, 0.2) is 12.2 Å². The van der Waals surface area contributed by atoms with Gasteiger partial charge in [-0.25, -0.2) is 0 Å². The first-order valence-corrected chi connectivity index (χ1v) is 27.9. The third kappa shape index (κ3) is 27.5. The summed E-state index contributed by atoms with van der Waals surface area (Å²) < 4.78 is 22.8. The number of aliphatic hydroxyl groups excluding tert-OH is 8. The Morgan fingerprint density at radius 2 is 0.926 bits per heavy atom. The Labute approximate surface area is 412 Å². The number of ether oxygens (including phenoxy) is 4. The average Bonchev–Trinajstić information content (AvgIpc) is 3.34. The smallest absolute Gasteiger partial charge is 0.220 e. The van der Waals surface area contributed by atoms with Gasteiger partial charge >= 0.3 is 0 Å². The van der Waals surface area contributed by atoms with Gasteiger partial charge < -0.3 is 65.1 Å². The summed E-state index contributed by atoms with van der Waals surface area (Å²) >= 11 is 0. The topological polar surface area (TPSA) is 228 Å². The third-order valence-electron chi connectivity index (χ3n) is 14.0. The molecule has 0 aliphatic carbocycles. The lowest BCUT2D eigenvalue weighted by molar-refractivity contribution is -0.359. The molecule has 0 spiro atoms. The molecule has 12 unspecified atom stereocenters. The number of nitrogens with one attached hydrogen (secondary N) is 1. The van der Waals surface area contributed by atoms with Gasteiger partial charge in [-0.05, 0) is 38.5 Å². The summed E-state index contributed by atoms with van der Waals surface area (Å²) in [7, 11) is 0. The van der Waals surface area contributed by atoms with E-state index in [0.717, 1.165) is 64.2 Å². The van der Waals surface area contributed by atoms with Crippen molar-refractivity contribution in [3.63, 3.8) is 0 Å². The highest BCUT2D eigenvalue weighted by molar-refractivity contribution is 5.76. The first-order chi connectivity index (χ1) is 33.1. The summed E-state index contributed by atoms with van der Waals surface area (Å²) in [6.45, 7) is 2.86. The lowest BCUT2D eigenvalue weighted by Gasteiger charge is -2.46. The molecule has 2 aliphatic heterocycles. The van der Waals surface area contributed by atoms with Crippen molar-refractivity contribution >= 4 is 5.91 Å². The fourth-order valence-corrected chi connectivity index (χ4v) is 9.41. The van der Waals surface area contributed by atoms with E-state index in [2.05, 4.69) is 31.3 Å². The summed E-state index contributed by atoms with van der Waals surface area (Å²) in [6, 6.07) is -0.829. The Balaban J connectivity index is 1.79. The number of aliphatic hydroxyl groups is 8. The molecule has 1 amide bonds. The van der Waals surface area contributed by atoms with E-state index in [9.17, 15) is 45.6 Å². The van der Waals surface area contributed by atoms with Crippen molar-refractivity contribution in [1.29, 1.82) is 0 Å². The van der Waals surface area contributed by atoms with Gasteiger partial charge in [-0.2, -0.15) is 0 Å². The minimum Gasteiger partial charge on any atom is -0.394 e. The Morgan fingerprint density at radius 3 is 1.40 bits per heavy atom. The normalized spacial score (nSPS) is 26.4. The summed E-state index contributed by atoms with van der Waals surface area (Å²) in [5.41, 5.74) is 0. The number of unbranched alkanes of at least 4 members (excludes halogenated alkanes) is 29. The van der Waals surface area contributed by atoms with Crippen molar-refractivity contribution in [2.24, 2.45) is 0 Å². The highest BCUT2D eigenvalue weighted by Crippen LogP contribution is 2.30. The molecule has 0 aromatic rings. The SMILES string of the molecule is CCCCCCCC/C=C\CCCCCCCC(=O)NC(COC1OC(CO)C(OC2OC(CO)C(O)C(O)C2O)C(O)C1O)C(O)CCCCCCCCCCCCCCCCCCCCC. The minimum absolute atomic E-state index is 0.213. The van der Waals surface area contributed by atoms with Crippen LogP contribution in [-0.2, 0) is 23.7 Å². The summed E-state index contributed by atoms with van der Waals surface area (Å²) in [5, 5.41) is 87.1. The molecule has 0 bridgehead atoms. The molecule has 0 aromatic carbocycles. The monoisotopic (exact) mass is 974 g/mol. The Kier molecular flexibility index (Phi) is 38.1. The molecule has 0 radical (unpaired) electrons. The summed E-state index contributed by atoms with van der Waals surface area (Å²) in [4.78, 5) is 13.2. The van der Waals surface area contributed by atoms with Crippen LogP contribution in [0.1, 0.15) is 232 Å². The molecule has 402 valence electrons. The number of hydrogen-bond donors (Lipinski definition) is 9. The van der Waals surface area contributed by atoms with Gasteiger partial charge in [0.2, 0.25) is 5.91 Å². The number of rotatable bonds is 44. The first-order valence-electron chi connectivity index (χ1n) is 27.9. The zero-order valence-corrected chi connectivity index (χ0v) is 42.9. The van der Waals surface area contributed by atoms with Crippen LogP contribution in [0, 0.1) is 0 Å². The maximum absolute atomic E-state index is 13.2. The van der Waals surface area contributed by atoms with Crippen LogP contribution in [0.4, 0.5) is 0 Å². The van der Waals surface area contributed by atoms with Crippen LogP contribution in [-0.4, -0.2) is 140 Å². The average molecular weight is 974 g/mol. The molecule has 2 aliphatic rings. The molecule has 0 saturated carbocycles. The van der Waals surface area contributed by atoms with E-state index < -0.39 is 86.8 Å². The largest absolute Gasteiger partial charge is 0.394 e. The standard InChI is InChI=1S/C54H103NO13/c1-3-5-7-9-11-13-15-17-19-20-21-22-24-25-27-29-31-33-35-37-43(58)42(55-46(59)38-36-34-32-30-28-26-23-18-16-14-12-10-8-6-4-2)41-65-53-51(64)49(62)52(45(40-57)67-53)68-54-50(63)48(61)47(60)44(39-56)66-54/h18,23,42-45,47-54,56-58,60-64H,3-17,19-22,24-41H2,1-2H3,(H,55,59)/b23-18-. The second-order valence-corrected chi connectivity index (χ2v) is 20.1. The first kappa shape index (κ1) is 62.8. The third-order valence-corrected chi connectivity index (χ3v) is 14.0. The van der Waals surface area contributed by atoms with Crippen LogP contribution < -0.4 is 5.32 Å². The van der Waals surface area contributed by atoms with E-state index in [1.807, 2.05) is 0 Å². The van der Waals surface area contributed by atoms with Gasteiger partial charge in [0.15, 0.2) is 12.6 Å². The Bertz CT molecular complexity index is 1200. The molecule has 68 heavy (non-hydrogen) atoms. The van der Waals surface area contributed by atoms with E-state index in [0.29, 0.717) is 19.3 Å². The predicted molar refractivity (Wildman–Crippen MR) is 268 cm³/mol. The predicted octanol–water partition coefficient (Wildman–Crippen LogP) is 8.33. The lowest BCUT2D eigenvalue weighted by Crippen LogP contribution is -2.65. The van der Waals surface area contributed by atoms with Gasteiger partial charge in [-0.15, -0.1) is 0 Å². The van der Waals surface area contributed by atoms with Gasteiger partial charge in [0, 0.05) is 6.42 Å². The van der Waals surface area contributed by atoms with Gasteiger partial charge in [0.05, 0.1) is 32.0 Å². The second kappa shape index (κ2) is 41.2. The fourth-order valence-electron chi connectivity index (χ4n) is 9.41. The van der Waals surface area contributed by atoms with Crippen LogP contribution >= 0.6 is 0 Å². The zero-order chi connectivity index (χ0) is 49.6. The quantitative estimate of drug-likeness (QED) is 0.0207. The molecular formula is C54H103NO13. The highest BCUT2D eigenvalue weighted by Gasteiger charge is 2.51. The zero-order valence-electron chi connectivity index (χ0n) is 42.9. The van der Waals surface area contributed by atoms with Crippen molar-refractivity contribution in [3.8, 4) is 0 Å². The van der Waals surface area contributed by atoms with Gasteiger partial charge in [0.25, 0.3) is 0 Å². The van der Waals surface area contributed by atoms with Crippen LogP contribution in [0.25, 0.3) is 0 Å². The number of carbonyl (C=O) groups excluding carboxylic acids is 1. The van der Waals surface area contributed by atoms with Crippen molar-refractivity contribution in [3.05, 3.63) is 12.2 Å². The van der Waals surface area contributed by atoms with E-state index >= 15 is 0 Å². The van der Waals surface area contributed by atoms with E-state index in [4.69, 9.17) is 18.9 Å². The van der Waals surface area contributed by atoms with Crippen molar-refractivity contribution in [1.82, 2.24) is 5.32 Å². The molecule has 14 heteroatoms.